The lowest BCUT2D eigenvalue weighted by Gasteiger charge is -2.31. The molecule has 1 aliphatic rings. The zero-order valence-electron chi connectivity index (χ0n) is 12.3. The molecule has 1 saturated carbocycles. The summed E-state index contributed by atoms with van der Waals surface area (Å²) < 4.78 is 0. The number of carboxylic acid groups (broad SMARTS) is 1. The van der Waals surface area contributed by atoms with Gasteiger partial charge in [-0.15, -0.1) is 11.3 Å². The lowest BCUT2D eigenvalue weighted by Crippen LogP contribution is -2.44. The van der Waals surface area contributed by atoms with Crippen molar-refractivity contribution in [3.8, 4) is 0 Å². The summed E-state index contributed by atoms with van der Waals surface area (Å²) in [5.41, 5.74) is 0.0205. The van der Waals surface area contributed by atoms with E-state index >= 15 is 0 Å². The van der Waals surface area contributed by atoms with Crippen LogP contribution in [0.3, 0.4) is 0 Å². The van der Waals surface area contributed by atoms with Gasteiger partial charge in [0, 0.05) is 11.4 Å². The third-order valence-corrected chi connectivity index (χ3v) is 4.53. The Morgan fingerprint density at radius 3 is 2.57 bits per heavy atom. The Balaban J connectivity index is 1.77. The van der Waals surface area contributed by atoms with Crippen molar-refractivity contribution in [3.05, 3.63) is 16.1 Å². The van der Waals surface area contributed by atoms with Crippen molar-refractivity contribution in [3.63, 3.8) is 0 Å². The number of carbonyl (C=O) groups is 2. The summed E-state index contributed by atoms with van der Waals surface area (Å²) in [7, 11) is 0. The van der Waals surface area contributed by atoms with Gasteiger partial charge in [-0.05, 0) is 31.1 Å². The molecule has 2 rings (SSSR count). The van der Waals surface area contributed by atoms with Gasteiger partial charge in [0.2, 0.25) is 0 Å². The molecule has 1 aromatic rings. The maximum atomic E-state index is 11.9. The van der Waals surface area contributed by atoms with E-state index in [0.29, 0.717) is 16.8 Å². The third-order valence-electron chi connectivity index (χ3n) is 3.68. The molecule has 1 aromatic heterocycles. The Labute approximate surface area is 128 Å². The second-order valence-corrected chi connectivity index (χ2v) is 6.82. The quantitative estimate of drug-likeness (QED) is 0.796. The van der Waals surface area contributed by atoms with Crippen molar-refractivity contribution in [1.29, 1.82) is 0 Å². The van der Waals surface area contributed by atoms with Crippen molar-refractivity contribution in [2.45, 2.75) is 45.7 Å². The van der Waals surface area contributed by atoms with Gasteiger partial charge >= 0.3 is 12.0 Å². The van der Waals surface area contributed by atoms with E-state index in [-0.39, 0.29) is 24.3 Å². The van der Waals surface area contributed by atoms with Crippen LogP contribution in [-0.4, -0.2) is 28.1 Å². The number of hydrogen-bond acceptors (Lipinski definition) is 4. The number of rotatable bonds is 4. The topological polar surface area (TPSA) is 91.3 Å². The Morgan fingerprint density at radius 2 is 2.00 bits per heavy atom. The van der Waals surface area contributed by atoms with Crippen LogP contribution < -0.4 is 10.6 Å². The van der Waals surface area contributed by atoms with Crippen LogP contribution in [-0.2, 0) is 6.54 Å². The summed E-state index contributed by atoms with van der Waals surface area (Å²) >= 11 is 1.23. The summed E-state index contributed by atoms with van der Waals surface area (Å²) in [6, 6.07) is 0.00278. The third kappa shape index (κ3) is 4.70. The first-order valence-electron chi connectivity index (χ1n) is 7.16. The first kappa shape index (κ1) is 15.8. The normalized spacial score (nSPS) is 25.3. The van der Waals surface area contributed by atoms with Gasteiger partial charge in [0.05, 0.1) is 6.54 Å². The largest absolute Gasteiger partial charge is 0.476 e. The van der Waals surface area contributed by atoms with E-state index in [1.165, 1.54) is 23.1 Å². The Kier molecular flexibility index (Phi) is 5.17. The Hall–Kier alpha value is -1.63. The van der Waals surface area contributed by atoms with E-state index in [2.05, 4.69) is 29.5 Å². The fourth-order valence-electron chi connectivity index (χ4n) is 2.95. The highest BCUT2D eigenvalue weighted by molar-refractivity contribution is 7.09. The molecule has 0 radical (unpaired) electrons. The molecule has 2 amide bonds. The minimum absolute atomic E-state index is 0.0205. The van der Waals surface area contributed by atoms with Gasteiger partial charge in [-0.3, -0.25) is 0 Å². The van der Waals surface area contributed by atoms with Crippen LogP contribution in [0.5, 0.6) is 0 Å². The molecule has 3 N–H and O–H groups in total. The summed E-state index contributed by atoms with van der Waals surface area (Å²) in [5.74, 6) is 0.222. The van der Waals surface area contributed by atoms with E-state index in [9.17, 15) is 9.59 Å². The maximum Gasteiger partial charge on any atom is 0.355 e. The number of hydrogen-bond donors (Lipinski definition) is 3. The molecular weight excluding hydrogens is 290 g/mol. The fourth-order valence-corrected chi connectivity index (χ4v) is 3.66. The Bertz CT molecular complexity index is 507. The zero-order chi connectivity index (χ0) is 15.4. The molecule has 1 fully saturated rings. The molecule has 116 valence electrons. The van der Waals surface area contributed by atoms with Crippen molar-refractivity contribution < 1.29 is 14.7 Å². The Morgan fingerprint density at radius 1 is 1.33 bits per heavy atom. The summed E-state index contributed by atoms with van der Waals surface area (Å²) in [5, 5.41) is 16.6. The number of carbonyl (C=O) groups excluding carboxylic acids is 1. The number of thiazole rings is 1. The van der Waals surface area contributed by atoms with Crippen molar-refractivity contribution in [2.24, 2.45) is 11.8 Å². The van der Waals surface area contributed by atoms with Crippen LogP contribution in [0.2, 0.25) is 0 Å². The van der Waals surface area contributed by atoms with Gasteiger partial charge in [-0.25, -0.2) is 14.6 Å². The van der Waals surface area contributed by atoms with Crippen molar-refractivity contribution >= 4 is 23.3 Å². The standard InChI is InChI=1S/C14H21N3O3S/c1-8-3-9(2)5-10(4-8)16-14(20)15-6-12-17-11(7-21-12)13(18)19/h7-10H,3-6H2,1-2H3,(H,18,19)(H2,15,16,20). The number of nitrogens with zero attached hydrogens (tertiary/aromatic N) is 1. The number of urea groups is 1. The molecule has 1 aliphatic carbocycles. The number of aromatic nitrogens is 1. The van der Waals surface area contributed by atoms with Crippen LogP contribution in [0.1, 0.15) is 48.6 Å². The molecule has 6 nitrogen and oxygen atoms in total. The smallest absolute Gasteiger partial charge is 0.355 e. The SMILES string of the molecule is CC1CC(C)CC(NC(=O)NCc2nc(C(=O)O)cs2)C1. The van der Waals surface area contributed by atoms with E-state index < -0.39 is 5.97 Å². The molecule has 7 heteroatoms. The molecule has 1 heterocycles. The van der Waals surface area contributed by atoms with Crippen LogP contribution in [0.4, 0.5) is 4.79 Å². The van der Waals surface area contributed by atoms with Crippen molar-refractivity contribution in [2.75, 3.05) is 0 Å². The molecule has 0 aromatic carbocycles. The fraction of sp³-hybridized carbons (Fsp3) is 0.643. The minimum Gasteiger partial charge on any atom is -0.476 e. The summed E-state index contributed by atoms with van der Waals surface area (Å²) in [6.45, 7) is 4.68. The maximum absolute atomic E-state index is 11.9. The molecule has 2 unspecified atom stereocenters. The number of amides is 2. The van der Waals surface area contributed by atoms with E-state index in [1.807, 2.05) is 0 Å². The van der Waals surface area contributed by atoms with Crippen LogP contribution in [0.25, 0.3) is 0 Å². The second kappa shape index (κ2) is 6.89. The highest BCUT2D eigenvalue weighted by atomic mass is 32.1. The summed E-state index contributed by atoms with van der Waals surface area (Å²) in [6.07, 6.45) is 3.24. The monoisotopic (exact) mass is 311 g/mol. The molecule has 0 spiro atoms. The predicted molar refractivity (Wildman–Crippen MR) is 80.4 cm³/mol. The molecule has 0 saturated heterocycles. The van der Waals surface area contributed by atoms with Crippen LogP contribution in [0.15, 0.2) is 5.38 Å². The molecular formula is C14H21N3O3S. The average Bonchev–Trinajstić information content (AvgIpc) is 2.84. The summed E-state index contributed by atoms with van der Waals surface area (Å²) in [4.78, 5) is 26.5. The number of nitrogens with one attached hydrogen (secondary N) is 2. The first-order chi connectivity index (χ1) is 9.94. The van der Waals surface area contributed by atoms with Gasteiger partial charge in [-0.1, -0.05) is 13.8 Å². The average molecular weight is 311 g/mol. The number of aromatic carboxylic acids is 1. The van der Waals surface area contributed by atoms with E-state index in [4.69, 9.17) is 5.11 Å². The minimum atomic E-state index is -1.05. The lowest BCUT2D eigenvalue weighted by atomic mass is 9.80. The van der Waals surface area contributed by atoms with E-state index in [1.54, 1.807) is 0 Å². The lowest BCUT2D eigenvalue weighted by molar-refractivity contribution is 0.0691. The zero-order valence-corrected chi connectivity index (χ0v) is 13.1. The van der Waals surface area contributed by atoms with Crippen LogP contribution in [0, 0.1) is 11.8 Å². The van der Waals surface area contributed by atoms with Gasteiger partial charge in [0.1, 0.15) is 5.01 Å². The van der Waals surface area contributed by atoms with Gasteiger partial charge in [0.25, 0.3) is 0 Å². The first-order valence-corrected chi connectivity index (χ1v) is 8.04. The highest BCUT2D eigenvalue weighted by Gasteiger charge is 2.24. The second-order valence-electron chi connectivity index (χ2n) is 5.87. The van der Waals surface area contributed by atoms with Gasteiger partial charge in [-0.2, -0.15) is 0 Å². The molecule has 21 heavy (non-hydrogen) atoms. The number of carboxylic acids is 1. The van der Waals surface area contributed by atoms with Crippen LogP contribution >= 0.6 is 11.3 Å². The van der Waals surface area contributed by atoms with E-state index in [0.717, 1.165) is 12.8 Å². The highest BCUT2D eigenvalue weighted by Crippen LogP contribution is 2.28. The molecule has 0 aliphatic heterocycles. The molecule has 2 atom stereocenters. The van der Waals surface area contributed by atoms with Gasteiger partial charge in [0.15, 0.2) is 5.69 Å². The predicted octanol–water partition coefficient (Wildman–Crippen LogP) is 2.47. The van der Waals surface area contributed by atoms with Crippen molar-refractivity contribution in [1.82, 2.24) is 15.6 Å². The van der Waals surface area contributed by atoms with Gasteiger partial charge < -0.3 is 15.7 Å². The molecule has 0 bridgehead atoms.